The molecule has 2 nitrogen and oxygen atoms in total. The maximum Gasteiger partial charge on any atom is 0.256 e. The molecule has 0 aliphatic rings. The molecule has 0 aliphatic carbocycles. The zero-order chi connectivity index (χ0) is 11.8. The van der Waals surface area contributed by atoms with Crippen LogP contribution in [0.15, 0.2) is 47.4 Å². The van der Waals surface area contributed by atoms with Gasteiger partial charge < -0.3 is 4.98 Å². The number of hydrogen-bond acceptors (Lipinski definition) is 2. The summed E-state index contributed by atoms with van der Waals surface area (Å²) in [5.41, 5.74) is 2.39. The maximum atomic E-state index is 11.6. The molecule has 3 rings (SSSR count). The Balaban J connectivity index is 2.21. The Labute approximate surface area is 103 Å². The molecule has 3 heteroatoms. The van der Waals surface area contributed by atoms with E-state index in [9.17, 15) is 4.79 Å². The Kier molecular flexibility index (Phi) is 2.34. The number of nitrogens with one attached hydrogen (secondary N) is 1. The van der Waals surface area contributed by atoms with Crippen LogP contribution < -0.4 is 5.56 Å². The van der Waals surface area contributed by atoms with E-state index in [1.54, 1.807) is 17.5 Å². The van der Waals surface area contributed by atoms with E-state index in [-0.39, 0.29) is 5.56 Å². The van der Waals surface area contributed by atoms with Crippen molar-refractivity contribution >= 4 is 21.4 Å². The molecule has 17 heavy (non-hydrogen) atoms. The Hall–Kier alpha value is -1.87. The van der Waals surface area contributed by atoms with Gasteiger partial charge in [-0.25, -0.2) is 0 Å². The van der Waals surface area contributed by atoms with Gasteiger partial charge >= 0.3 is 0 Å². The Morgan fingerprint density at radius 3 is 2.59 bits per heavy atom. The van der Waals surface area contributed by atoms with Crippen LogP contribution >= 0.6 is 11.3 Å². The first kappa shape index (κ1) is 10.3. The molecule has 0 atom stereocenters. The van der Waals surface area contributed by atoms with Gasteiger partial charge in [0.15, 0.2) is 0 Å². The summed E-state index contributed by atoms with van der Waals surface area (Å²) >= 11 is 1.65. The molecular weight excluding hydrogens is 230 g/mol. The van der Waals surface area contributed by atoms with E-state index < -0.39 is 0 Å². The number of aromatic nitrogens is 1. The quantitative estimate of drug-likeness (QED) is 0.694. The van der Waals surface area contributed by atoms with Gasteiger partial charge in [-0.2, -0.15) is 0 Å². The average molecular weight is 241 g/mol. The van der Waals surface area contributed by atoms with Crippen molar-refractivity contribution in [1.29, 1.82) is 0 Å². The number of aryl methyl sites for hydroxylation is 1. The standard InChI is InChI=1S/C14H11NOS/c1-9-2-4-10(5-3-9)13-8-11-12(17-13)6-7-15-14(11)16/h2-8H,1H3,(H,15,16). The van der Waals surface area contributed by atoms with E-state index in [1.807, 2.05) is 12.1 Å². The molecule has 0 saturated carbocycles. The van der Waals surface area contributed by atoms with Gasteiger partial charge in [0.1, 0.15) is 0 Å². The highest BCUT2D eigenvalue weighted by Gasteiger charge is 2.06. The Bertz CT molecular complexity index is 722. The molecule has 84 valence electrons. The van der Waals surface area contributed by atoms with Gasteiger partial charge in [-0.05, 0) is 24.6 Å². The van der Waals surface area contributed by atoms with Crippen molar-refractivity contribution in [1.82, 2.24) is 4.98 Å². The largest absolute Gasteiger partial charge is 0.329 e. The lowest BCUT2D eigenvalue weighted by Gasteiger charge is -1.96. The fraction of sp³-hybridized carbons (Fsp3) is 0.0714. The van der Waals surface area contributed by atoms with Crippen LogP contribution in [0.5, 0.6) is 0 Å². The molecule has 0 radical (unpaired) electrons. The molecule has 0 unspecified atom stereocenters. The molecule has 1 N–H and O–H groups in total. The van der Waals surface area contributed by atoms with Crippen LogP contribution in [0.3, 0.4) is 0 Å². The molecule has 0 saturated heterocycles. The molecule has 0 spiro atoms. The number of rotatable bonds is 1. The van der Waals surface area contributed by atoms with Crippen molar-refractivity contribution in [2.75, 3.05) is 0 Å². The lowest BCUT2D eigenvalue weighted by molar-refractivity contribution is 1.28. The minimum atomic E-state index is -0.0166. The van der Waals surface area contributed by atoms with Gasteiger partial charge in [-0.15, -0.1) is 11.3 Å². The van der Waals surface area contributed by atoms with Crippen molar-refractivity contribution in [2.24, 2.45) is 0 Å². The van der Waals surface area contributed by atoms with Gasteiger partial charge in [-0.3, -0.25) is 4.79 Å². The minimum Gasteiger partial charge on any atom is -0.329 e. The van der Waals surface area contributed by atoms with Gasteiger partial charge in [0, 0.05) is 15.8 Å². The van der Waals surface area contributed by atoms with E-state index in [1.165, 1.54) is 5.56 Å². The fourth-order valence-corrected chi connectivity index (χ4v) is 2.90. The highest BCUT2D eigenvalue weighted by atomic mass is 32.1. The van der Waals surface area contributed by atoms with Crippen LogP contribution in [0.1, 0.15) is 5.56 Å². The fourth-order valence-electron chi connectivity index (χ4n) is 1.84. The van der Waals surface area contributed by atoms with Crippen molar-refractivity contribution in [2.45, 2.75) is 6.92 Å². The zero-order valence-electron chi connectivity index (χ0n) is 9.36. The third-order valence-electron chi connectivity index (χ3n) is 2.79. The van der Waals surface area contributed by atoms with Crippen molar-refractivity contribution in [3.8, 4) is 10.4 Å². The average Bonchev–Trinajstić information content (AvgIpc) is 2.75. The van der Waals surface area contributed by atoms with E-state index in [0.717, 1.165) is 20.5 Å². The molecule has 0 amide bonds. The summed E-state index contributed by atoms with van der Waals surface area (Å²) in [6.45, 7) is 2.07. The van der Waals surface area contributed by atoms with Crippen LogP contribution in [0, 0.1) is 6.92 Å². The number of benzene rings is 1. The summed E-state index contributed by atoms with van der Waals surface area (Å²) in [4.78, 5) is 15.5. The number of H-pyrrole nitrogens is 1. The molecule has 0 aliphatic heterocycles. The molecule has 3 aromatic rings. The number of aromatic amines is 1. The lowest BCUT2D eigenvalue weighted by atomic mass is 10.1. The van der Waals surface area contributed by atoms with Gasteiger partial charge in [-0.1, -0.05) is 29.8 Å². The Morgan fingerprint density at radius 1 is 1.12 bits per heavy atom. The summed E-state index contributed by atoms with van der Waals surface area (Å²) in [5, 5.41) is 0.771. The minimum absolute atomic E-state index is 0.0166. The zero-order valence-corrected chi connectivity index (χ0v) is 10.2. The van der Waals surface area contributed by atoms with Crippen molar-refractivity contribution < 1.29 is 0 Å². The summed E-state index contributed by atoms with van der Waals surface area (Å²) < 4.78 is 1.03. The SMILES string of the molecule is Cc1ccc(-c2cc3c(=O)[nH]ccc3s2)cc1. The molecule has 2 aromatic heterocycles. The first-order valence-corrected chi connectivity index (χ1v) is 6.24. The first-order valence-electron chi connectivity index (χ1n) is 5.42. The van der Waals surface area contributed by atoms with E-state index >= 15 is 0 Å². The first-order chi connectivity index (χ1) is 8.24. The molecule has 1 aromatic carbocycles. The van der Waals surface area contributed by atoms with Gasteiger partial charge in [0.25, 0.3) is 5.56 Å². The van der Waals surface area contributed by atoms with E-state index in [4.69, 9.17) is 0 Å². The van der Waals surface area contributed by atoms with Crippen molar-refractivity contribution in [3.63, 3.8) is 0 Å². The summed E-state index contributed by atoms with van der Waals surface area (Å²) in [7, 11) is 0. The highest BCUT2D eigenvalue weighted by molar-refractivity contribution is 7.22. The summed E-state index contributed by atoms with van der Waals surface area (Å²) in [6, 6.07) is 12.3. The second-order valence-corrected chi connectivity index (χ2v) is 5.15. The Morgan fingerprint density at radius 2 is 1.88 bits per heavy atom. The highest BCUT2D eigenvalue weighted by Crippen LogP contribution is 2.31. The maximum absolute atomic E-state index is 11.6. The van der Waals surface area contributed by atoms with Crippen molar-refractivity contribution in [3.05, 3.63) is 58.5 Å². The second kappa shape index (κ2) is 3.86. The number of hydrogen-bond donors (Lipinski definition) is 1. The monoisotopic (exact) mass is 241 g/mol. The smallest absolute Gasteiger partial charge is 0.256 e. The molecule has 0 fully saturated rings. The molecule has 0 bridgehead atoms. The van der Waals surface area contributed by atoms with Gasteiger partial charge in [0.05, 0.1) is 5.39 Å². The predicted octanol–water partition coefficient (Wildman–Crippen LogP) is 3.57. The van der Waals surface area contributed by atoms with Crippen LogP contribution in [0.4, 0.5) is 0 Å². The normalized spacial score (nSPS) is 10.9. The van der Waals surface area contributed by atoms with Crippen LogP contribution in [0.25, 0.3) is 20.5 Å². The van der Waals surface area contributed by atoms with Crippen LogP contribution in [-0.4, -0.2) is 4.98 Å². The number of fused-ring (bicyclic) bond motifs is 1. The van der Waals surface area contributed by atoms with Crippen LogP contribution in [0.2, 0.25) is 0 Å². The molecular formula is C14H11NOS. The summed E-state index contributed by atoms with van der Waals surface area (Å²) in [5.74, 6) is 0. The van der Waals surface area contributed by atoms with E-state index in [0.29, 0.717) is 0 Å². The third kappa shape index (κ3) is 1.78. The van der Waals surface area contributed by atoms with Gasteiger partial charge in [0.2, 0.25) is 0 Å². The topological polar surface area (TPSA) is 32.9 Å². The number of thiophene rings is 1. The summed E-state index contributed by atoms with van der Waals surface area (Å²) in [6.07, 6.45) is 1.69. The number of pyridine rings is 1. The predicted molar refractivity (Wildman–Crippen MR) is 72.6 cm³/mol. The lowest BCUT2D eigenvalue weighted by Crippen LogP contribution is -2.01. The van der Waals surface area contributed by atoms with E-state index in [2.05, 4.69) is 36.2 Å². The second-order valence-electron chi connectivity index (χ2n) is 4.06. The van der Waals surface area contributed by atoms with Crippen LogP contribution in [-0.2, 0) is 0 Å². The molecule has 2 heterocycles. The third-order valence-corrected chi connectivity index (χ3v) is 3.94.